The van der Waals surface area contributed by atoms with Gasteiger partial charge in [-0.15, -0.1) is 0 Å². The summed E-state index contributed by atoms with van der Waals surface area (Å²) < 4.78 is 5.90. The summed E-state index contributed by atoms with van der Waals surface area (Å²) in [5.41, 5.74) is 6.79. The lowest BCUT2D eigenvalue weighted by molar-refractivity contribution is 0.0729. The SMILES string of the molecule is NCCN(CCc1ccccc1)C(=O)c1occc1Br. The third-order valence-corrected chi connectivity index (χ3v) is 3.64. The molecule has 2 aromatic rings. The van der Waals surface area contributed by atoms with Crippen LogP contribution in [0.25, 0.3) is 0 Å². The summed E-state index contributed by atoms with van der Waals surface area (Å²) in [6.45, 7) is 1.56. The van der Waals surface area contributed by atoms with E-state index in [4.69, 9.17) is 10.2 Å². The van der Waals surface area contributed by atoms with Crippen molar-refractivity contribution in [2.75, 3.05) is 19.6 Å². The Labute approximate surface area is 126 Å². The summed E-state index contributed by atoms with van der Waals surface area (Å²) in [5.74, 6) is 0.190. The number of hydrogen-bond acceptors (Lipinski definition) is 3. The second kappa shape index (κ2) is 7.26. The minimum absolute atomic E-state index is 0.136. The number of carbonyl (C=O) groups is 1. The number of halogens is 1. The maximum Gasteiger partial charge on any atom is 0.290 e. The molecule has 0 saturated carbocycles. The molecule has 0 bridgehead atoms. The van der Waals surface area contributed by atoms with Crippen LogP contribution in [0, 0.1) is 0 Å². The number of rotatable bonds is 6. The summed E-state index contributed by atoms with van der Waals surface area (Å²) >= 11 is 3.31. The van der Waals surface area contributed by atoms with Crippen LogP contribution in [0.5, 0.6) is 0 Å². The van der Waals surface area contributed by atoms with Crippen molar-refractivity contribution in [2.24, 2.45) is 5.73 Å². The van der Waals surface area contributed by atoms with Crippen molar-refractivity contribution in [1.82, 2.24) is 4.90 Å². The van der Waals surface area contributed by atoms with E-state index in [1.165, 1.54) is 11.8 Å². The first-order chi connectivity index (χ1) is 9.72. The average Bonchev–Trinajstić information content (AvgIpc) is 2.90. The molecule has 0 aliphatic carbocycles. The van der Waals surface area contributed by atoms with Gasteiger partial charge in [-0.2, -0.15) is 0 Å². The zero-order valence-corrected chi connectivity index (χ0v) is 12.7. The van der Waals surface area contributed by atoms with E-state index in [2.05, 4.69) is 15.9 Å². The van der Waals surface area contributed by atoms with Crippen LogP contribution in [0.3, 0.4) is 0 Å². The van der Waals surface area contributed by atoms with Crippen molar-refractivity contribution in [3.8, 4) is 0 Å². The fourth-order valence-corrected chi connectivity index (χ4v) is 2.34. The van der Waals surface area contributed by atoms with Gasteiger partial charge >= 0.3 is 0 Å². The van der Waals surface area contributed by atoms with Crippen LogP contribution in [-0.4, -0.2) is 30.4 Å². The second-order valence-corrected chi connectivity index (χ2v) is 5.27. The van der Waals surface area contributed by atoms with Crippen LogP contribution in [0.2, 0.25) is 0 Å². The summed E-state index contributed by atoms with van der Waals surface area (Å²) in [6, 6.07) is 11.8. The first-order valence-electron chi connectivity index (χ1n) is 6.48. The van der Waals surface area contributed by atoms with Crippen molar-refractivity contribution in [2.45, 2.75) is 6.42 Å². The van der Waals surface area contributed by atoms with Crippen molar-refractivity contribution >= 4 is 21.8 Å². The monoisotopic (exact) mass is 336 g/mol. The molecule has 106 valence electrons. The molecule has 5 heteroatoms. The minimum Gasteiger partial charge on any atom is -0.458 e. The normalized spacial score (nSPS) is 10.5. The van der Waals surface area contributed by atoms with Gasteiger partial charge in [-0.1, -0.05) is 30.3 Å². The largest absolute Gasteiger partial charge is 0.458 e. The van der Waals surface area contributed by atoms with Crippen molar-refractivity contribution in [3.63, 3.8) is 0 Å². The molecule has 2 rings (SSSR count). The van der Waals surface area contributed by atoms with E-state index in [0.29, 0.717) is 29.9 Å². The quantitative estimate of drug-likeness (QED) is 0.882. The summed E-state index contributed by atoms with van der Waals surface area (Å²) in [6.07, 6.45) is 2.29. The fourth-order valence-electron chi connectivity index (χ4n) is 1.97. The fraction of sp³-hybridized carbons (Fsp3) is 0.267. The van der Waals surface area contributed by atoms with E-state index in [9.17, 15) is 4.79 Å². The summed E-state index contributed by atoms with van der Waals surface area (Å²) in [4.78, 5) is 14.1. The van der Waals surface area contributed by atoms with Crippen LogP contribution in [0.4, 0.5) is 0 Å². The van der Waals surface area contributed by atoms with Crippen molar-refractivity contribution in [1.29, 1.82) is 0 Å². The van der Waals surface area contributed by atoms with Crippen LogP contribution in [-0.2, 0) is 6.42 Å². The first-order valence-corrected chi connectivity index (χ1v) is 7.28. The molecule has 0 saturated heterocycles. The Kier molecular flexibility index (Phi) is 5.38. The van der Waals surface area contributed by atoms with Crippen molar-refractivity contribution in [3.05, 3.63) is 58.5 Å². The predicted octanol–water partition coefficient (Wildman–Crippen LogP) is 2.69. The van der Waals surface area contributed by atoms with Gasteiger partial charge in [-0.05, 0) is 34.0 Å². The maximum atomic E-state index is 12.4. The molecule has 0 atom stereocenters. The lowest BCUT2D eigenvalue weighted by Gasteiger charge is -2.21. The molecular weight excluding hydrogens is 320 g/mol. The summed E-state index contributed by atoms with van der Waals surface area (Å²) in [7, 11) is 0. The molecule has 0 aliphatic rings. The molecule has 0 unspecified atom stereocenters. The molecule has 0 spiro atoms. The lowest BCUT2D eigenvalue weighted by Crippen LogP contribution is -2.36. The van der Waals surface area contributed by atoms with Gasteiger partial charge in [0.05, 0.1) is 10.7 Å². The van der Waals surface area contributed by atoms with Gasteiger partial charge in [0, 0.05) is 19.6 Å². The van der Waals surface area contributed by atoms with Gasteiger partial charge in [0.1, 0.15) is 0 Å². The van der Waals surface area contributed by atoms with E-state index in [0.717, 1.165) is 6.42 Å². The van der Waals surface area contributed by atoms with E-state index in [-0.39, 0.29) is 5.91 Å². The molecule has 1 amide bonds. The highest BCUT2D eigenvalue weighted by atomic mass is 79.9. The van der Waals surface area contributed by atoms with Crippen LogP contribution < -0.4 is 5.73 Å². The minimum atomic E-state index is -0.136. The molecule has 2 N–H and O–H groups in total. The summed E-state index contributed by atoms with van der Waals surface area (Å²) in [5, 5.41) is 0. The number of amides is 1. The molecule has 4 nitrogen and oxygen atoms in total. The highest BCUT2D eigenvalue weighted by Crippen LogP contribution is 2.19. The highest BCUT2D eigenvalue weighted by Gasteiger charge is 2.20. The first kappa shape index (κ1) is 14.8. The lowest BCUT2D eigenvalue weighted by atomic mass is 10.1. The number of carbonyl (C=O) groups excluding carboxylic acids is 1. The van der Waals surface area contributed by atoms with Crippen molar-refractivity contribution < 1.29 is 9.21 Å². The highest BCUT2D eigenvalue weighted by molar-refractivity contribution is 9.10. The smallest absolute Gasteiger partial charge is 0.290 e. The Bertz CT molecular complexity index is 554. The topological polar surface area (TPSA) is 59.5 Å². The average molecular weight is 337 g/mol. The van der Waals surface area contributed by atoms with Gasteiger partial charge in [0.15, 0.2) is 0 Å². The number of benzene rings is 1. The molecule has 1 heterocycles. The van der Waals surface area contributed by atoms with Crippen LogP contribution in [0.15, 0.2) is 51.6 Å². The number of furan rings is 1. The molecular formula is C15H17BrN2O2. The third-order valence-electron chi connectivity index (χ3n) is 3.01. The van der Waals surface area contributed by atoms with E-state index < -0.39 is 0 Å². The molecule has 0 fully saturated rings. The Morgan fingerprint density at radius 1 is 1.20 bits per heavy atom. The van der Waals surface area contributed by atoms with Crippen LogP contribution >= 0.6 is 15.9 Å². The third kappa shape index (κ3) is 3.71. The van der Waals surface area contributed by atoms with Crippen LogP contribution in [0.1, 0.15) is 16.1 Å². The number of hydrogen-bond donors (Lipinski definition) is 1. The zero-order chi connectivity index (χ0) is 14.4. The molecule has 1 aromatic carbocycles. The standard InChI is InChI=1S/C15H17BrN2O2/c16-13-7-11-20-14(13)15(19)18(10-8-17)9-6-12-4-2-1-3-5-12/h1-5,7,11H,6,8-10,17H2. The molecule has 20 heavy (non-hydrogen) atoms. The Balaban J connectivity index is 2.03. The van der Waals surface area contributed by atoms with E-state index >= 15 is 0 Å². The van der Waals surface area contributed by atoms with Gasteiger partial charge in [-0.3, -0.25) is 4.79 Å². The predicted molar refractivity (Wildman–Crippen MR) is 81.5 cm³/mol. The maximum absolute atomic E-state index is 12.4. The van der Waals surface area contributed by atoms with Gasteiger partial charge in [0.25, 0.3) is 5.91 Å². The van der Waals surface area contributed by atoms with Gasteiger partial charge in [0.2, 0.25) is 5.76 Å². The zero-order valence-electron chi connectivity index (χ0n) is 11.1. The second-order valence-electron chi connectivity index (χ2n) is 4.41. The van der Waals surface area contributed by atoms with E-state index in [1.807, 2.05) is 30.3 Å². The van der Waals surface area contributed by atoms with E-state index in [1.54, 1.807) is 11.0 Å². The Morgan fingerprint density at radius 2 is 1.95 bits per heavy atom. The molecule has 0 aliphatic heterocycles. The Morgan fingerprint density at radius 3 is 2.55 bits per heavy atom. The van der Waals surface area contributed by atoms with Gasteiger partial charge < -0.3 is 15.1 Å². The Hall–Kier alpha value is -1.59. The number of nitrogens with zero attached hydrogens (tertiary/aromatic N) is 1. The molecule has 0 radical (unpaired) electrons. The van der Waals surface area contributed by atoms with Gasteiger partial charge in [-0.25, -0.2) is 0 Å². The number of nitrogens with two attached hydrogens (primary N) is 1. The molecule has 1 aromatic heterocycles.